The summed E-state index contributed by atoms with van der Waals surface area (Å²) >= 11 is 0. The second kappa shape index (κ2) is 8.87. The fourth-order valence-electron chi connectivity index (χ4n) is 4.58. The van der Waals surface area contributed by atoms with Gasteiger partial charge in [0.25, 0.3) is 0 Å². The van der Waals surface area contributed by atoms with E-state index in [0.717, 1.165) is 55.1 Å². The van der Waals surface area contributed by atoms with Gasteiger partial charge in [-0.1, -0.05) is 12.1 Å². The first-order chi connectivity index (χ1) is 14.8. The highest BCUT2D eigenvalue weighted by molar-refractivity contribution is 5.79. The SMILES string of the molecule is COc1ccc2c(c1)C(NC(=O)C1CCN(Cc3ccc(F)cc3)CC1)CC(C)(C)O2. The number of benzene rings is 2. The van der Waals surface area contributed by atoms with Gasteiger partial charge >= 0.3 is 0 Å². The molecule has 5 nitrogen and oxygen atoms in total. The Hall–Kier alpha value is -2.60. The number of piperidine rings is 1. The lowest BCUT2D eigenvalue weighted by atomic mass is 9.88. The Balaban J connectivity index is 1.37. The minimum absolute atomic E-state index is 0.00415. The van der Waals surface area contributed by atoms with E-state index in [9.17, 15) is 9.18 Å². The van der Waals surface area contributed by atoms with Gasteiger partial charge in [0, 0.05) is 24.4 Å². The summed E-state index contributed by atoms with van der Waals surface area (Å²) in [5, 5.41) is 3.29. The van der Waals surface area contributed by atoms with Crippen molar-refractivity contribution in [2.75, 3.05) is 20.2 Å². The molecule has 6 heteroatoms. The number of hydrogen-bond donors (Lipinski definition) is 1. The predicted octanol–water partition coefficient (Wildman–Crippen LogP) is 4.46. The summed E-state index contributed by atoms with van der Waals surface area (Å²) in [5.41, 5.74) is 1.72. The number of nitrogens with one attached hydrogen (secondary N) is 1. The summed E-state index contributed by atoms with van der Waals surface area (Å²) in [6, 6.07) is 12.3. The van der Waals surface area contributed by atoms with Crippen molar-refractivity contribution in [2.24, 2.45) is 5.92 Å². The highest BCUT2D eigenvalue weighted by Gasteiger charge is 2.36. The van der Waals surface area contributed by atoms with Crippen LogP contribution in [0.15, 0.2) is 42.5 Å². The van der Waals surface area contributed by atoms with E-state index in [4.69, 9.17) is 9.47 Å². The molecule has 2 heterocycles. The largest absolute Gasteiger partial charge is 0.497 e. The summed E-state index contributed by atoms with van der Waals surface area (Å²) in [5.74, 6) is 1.46. The Bertz CT molecular complexity index is 921. The number of methoxy groups -OCH3 is 1. The molecular formula is C25H31FN2O3. The molecule has 0 aliphatic carbocycles. The van der Waals surface area contributed by atoms with Crippen LogP contribution in [0.4, 0.5) is 4.39 Å². The maximum absolute atomic E-state index is 13.1. The highest BCUT2D eigenvalue weighted by Crippen LogP contribution is 2.41. The number of rotatable bonds is 5. The molecule has 0 bridgehead atoms. The van der Waals surface area contributed by atoms with E-state index in [1.165, 1.54) is 12.1 Å². The maximum Gasteiger partial charge on any atom is 0.223 e. The molecule has 166 valence electrons. The van der Waals surface area contributed by atoms with Gasteiger partial charge in [0.05, 0.1) is 13.2 Å². The molecule has 2 aromatic carbocycles. The first-order valence-corrected chi connectivity index (χ1v) is 11.0. The molecule has 0 aromatic heterocycles. The third kappa shape index (κ3) is 5.18. The number of fused-ring (bicyclic) bond motifs is 1. The quantitative estimate of drug-likeness (QED) is 0.767. The van der Waals surface area contributed by atoms with E-state index in [1.807, 2.05) is 44.2 Å². The summed E-state index contributed by atoms with van der Waals surface area (Å²) in [4.78, 5) is 15.4. The van der Waals surface area contributed by atoms with E-state index >= 15 is 0 Å². The normalized spacial score (nSPS) is 21.1. The Kier molecular flexibility index (Phi) is 6.19. The Morgan fingerprint density at radius 1 is 1.19 bits per heavy atom. The maximum atomic E-state index is 13.1. The number of carbonyl (C=O) groups is 1. The third-order valence-electron chi connectivity index (χ3n) is 6.27. The Morgan fingerprint density at radius 2 is 1.90 bits per heavy atom. The predicted molar refractivity (Wildman–Crippen MR) is 118 cm³/mol. The third-order valence-corrected chi connectivity index (χ3v) is 6.27. The van der Waals surface area contributed by atoms with Crippen molar-refractivity contribution in [1.82, 2.24) is 10.2 Å². The lowest BCUT2D eigenvalue weighted by molar-refractivity contribution is -0.127. The first-order valence-electron chi connectivity index (χ1n) is 11.0. The molecule has 0 radical (unpaired) electrons. The Labute approximate surface area is 183 Å². The average Bonchev–Trinajstić information content (AvgIpc) is 2.75. The van der Waals surface area contributed by atoms with Gasteiger partial charge < -0.3 is 14.8 Å². The van der Waals surface area contributed by atoms with Crippen molar-refractivity contribution in [3.63, 3.8) is 0 Å². The number of ether oxygens (including phenoxy) is 2. The summed E-state index contributed by atoms with van der Waals surface area (Å²) in [6.07, 6.45) is 2.36. The van der Waals surface area contributed by atoms with Gasteiger partial charge in [0.1, 0.15) is 22.9 Å². The fraction of sp³-hybridized carbons (Fsp3) is 0.480. The second-order valence-corrected chi connectivity index (χ2v) is 9.21. The van der Waals surface area contributed by atoms with Crippen molar-refractivity contribution < 1.29 is 18.7 Å². The molecule has 31 heavy (non-hydrogen) atoms. The van der Waals surface area contributed by atoms with Crippen LogP contribution >= 0.6 is 0 Å². The second-order valence-electron chi connectivity index (χ2n) is 9.21. The molecule has 1 unspecified atom stereocenters. The fourth-order valence-corrected chi connectivity index (χ4v) is 4.58. The molecule has 0 spiro atoms. The van der Waals surface area contributed by atoms with Gasteiger partial charge in [-0.05, 0) is 75.7 Å². The van der Waals surface area contributed by atoms with Gasteiger partial charge in [-0.2, -0.15) is 0 Å². The van der Waals surface area contributed by atoms with Gasteiger partial charge in [-0.15, -0.1) is 0 Å². The zero-order chi connectivity index (χ0) is 22.0. The van der Waals surface area contributed by atoms with Gasteiger partial charge in [-0.25, -0.2) is 4.39 Å². The highest BCUT2D eigenvalue weighted by atomic mass is 19.1. The van der Waals surface area contributed by atoms with Gasteiger partial charge in [-0.3, -0.25) is 9.69 Å². The molecule has 1 saturated heterocycles. The van der Waals surface area contributed by atoms with Crippen LogP contribution in [0.1, 0.15) is 50.3 Å². The average molecular weight is 427 g/mol. The number of carbonyl (C=O) groups excluding carboxylic acids is 1. The van der Waals surface area contributed by atoms with Gasteiger partial charge in [0.15, 0.2) is 0 Å². The topological polar surface area (TPSA) is 50.8 Å². The van der Waals surface area contributed by atoms with Crippen molar-refractivity contribution in [1.29, 1.82) is 0 Å². The molecule has 2 aliphatic heterocycles. The summed E-state index contributed by atoms with van der Waals surface area (Å²) in [6.45, 7) is 6.61. The summed E-state index contributed by atoms with van der Waals surface area (Å²) in [7, 11) is 1.64. The number of nitrogens with zero attached hydrogens (tertiary/aromatic N) is 1. The first kappa shape index (κ1) is 21.6. The molecule has 1 fully saturated rings. The van der Waals surface area contributed by atoms with Crippen molar-refractivity contribution in [3.05, 3.63) is 59.4 Å². The van der Waals surface area contributed by atoms with Gasteiger partial charge in [0.2, 0.25) is 5.91 Å². The van der Waals surface area contributed by atoms with Crippen LogP contribution in [0.25, 0.3) is 0 Å². The molecule has 4 rings (SSSR count). The van der Waals surface area contributed by atoms with E-state index < -0.39 is 0 Å². The molecule has 0 saturated carbocycles. The van der Waals surface area contributed by atoms with Crippen LogP contribution in [0.2, 0.25) is 0 Å². The van der Waals surface area contributed by atoms with Crippen LogP contribution in [-0.2, 0) is 11.3 Å². The van der Waals surface area contributed by atoms with Crippen molar-refractivity contribution >= 4 is 5.91 Å². The molecule has 1 N–H and O–H groups in total. The molecule has 1 amide bonds. The van der Waals surface area contributed by atoms with Crippen LogP contribution in [0.3, 0.4) is 0 Å². The van der Waals surface area contributed by atoms with Crippen molar-refractivity contribution in [2.45, 2.75) is 51.3 Å². The monoisotopic (exact) mass is 426 g/mol. The lowest BCUT2D eigenvalue weighted by Crippen LogP contribution is -2.45. The number of amides is 1. The van der Waals surface area contributed by atoms with E-state index in [2.05, 4.69) is 10.2 Å². The Morgan fingerprint density at radius 3 is 2.58 bits per heavy atom. The number of hydrogen-bond acceptors (Lipinski definition) is 4. The van der Waals surface area contributed by atoms with E-state index in [1.54, 1.807) is 7.11 Å². The number of halogens is 1. The smallest absolute Gasteiger partial charge is 0.223 e. The minimum atomic E-state index is -0.349. The van der Waals surface area contributed by atoms with Crippen LogP contribution in [-0.4, -0.2) is 36.6 Å². The van der Waals surface area contributed by atoms with E-state index in [0.29, 0.717) is 6.42 Å². The molecule has 2 aromatic rings. The minimum Gasteiger partial charge on any atom is -0.497 e. The zero-order valence-electron chi connectivity index (χ0n) is 18.5. The van der Waals surface area contributed by atoms with Crippen LogP contribution in [0.5, 0.6) is 11.5 Å². The van der Waals surface area contributed by atoms with Crippen LogP contribution < -0.4 is 14.8 Å². The number of likely N-dealkylation sites (tertiary alicyclic amines) is 1. The molecule has 2 aliphatic rings. The van der Waals surface area contributed by atoms with Crippen LogP contribution in [0, 0.1) is 11.7 Å². The summed E-state index contributed by atoms with van der Waals surface area (Å²) < 4.78 is 24.6. The molecular weight excluding hydrogens is 395 g/mol. The lowest BCUT2D eigenvalue weighted by Gasteiger charge is -2.39. The standard InChI is InChI=1S/C25H31FN2O3/c1-25(2)15-22(21-14-20(30-3)8-9-23(21)31-25)27-24(29)18-10-12-28(13-11-18)16-17-4-6-19(26)7-5-17/h4-9,14,18,22H,10-13,15-16H2,1-3H3,(H,27,29). The molecule has 1 atom stereocenters. The zero-order valence-corrected chi connectivity index (χ0v) is 18.5. The van der Waals surface area contributed by atoms with Crippen molar-refractivity contribution in [3.8, 4) is 11.5 Å². The van der Waals surface area contributed by atoms with E-state index in [-0.39, 0.29) is 29.3 Å².